The summed E-state index contributed by atoms with van der Waals surface area (Å²) in [6, 6.07) is 0.681. The number of likely N-dealkylation sites (tertiary alicyclic amines) is 1. The number of alkyl halides is 1. The molecule has 1 rings (SSSR count). The van der Waals surface area contributed by atoms with Crippen molar-refractivity contribution in [2.75, 3.05) is 26.8 Å². The number of hydrogen-bond acceptors (Lipinski definition) is 2. The molecule has 0 bridgehead atoms. The summed E-state index contributed by atoms with van der Waals surface area (Å²) in [6.45, 7) is 5.66. The molecule has 0 radical (unpaired) electrons. The lowest BCUT2D eigenvalue weighted by Gasteiger charge is -2.34. The van der Waals surface area contributed by atoms with E-state index in [-0.39, 0.29) is 0 Å². The van der Waals surface area contributed by atoms with Crippen LogP contribution in [0.2, 0.25) is 0 Å². The van der Waals surface area contributed by atoms with Gasteiger partial charge in [-0.2, -0.15) is 0 Å². The first-order valence-corrected chi connectivity index (χ1v) is 6.02. The Morgan fingerprint density at radius 3 is 2.62 bits per heavy atom. The maximum Gasteiger partial charge on any atom is 0.0477 e. The summed E-state index contributed by atoms with van der Waals surface area (Å²) in [5.74, 6) is 0. The van der Waals surface area contributed by atoms with Gasteiger partial charge in [-0.25, -0.2) is 0 Å². The molecule has 0 saturated carbocycles. The Labute approximate surface area is 89.8 Å². The van der Waals surface area contributed by atoms with Gasteiger partial charge in [-0.3, -0.25) is 0 Å². The van der Waals surface area contributed by atoms with E-state index in [1.807, 2.05) is 0 Å². The van der Waals surface area contributed by atoms with Crippen LogP contribution in [0, 0.1) is 0 Å². The summed E-state index contributed by atoms with van der Waals surface area (Å²) in [5.41, 5.74) is 0. The maximum absolute atomic E-state index is 5.09. The lowest BCUT2D eigenvalue weighted by Crippen LogP contribution is -2.40. The molecule has 0 aromatic carbocycles. The quantitative estimate of drug-likeness (QED) is 0.710. The molecular weight excluding hydrogens is 230 g/mol. The zero-order valence-corrected chi connectivity index (χ0v) is 10.2. The molecule has 0 aromatic rings. The van der Waals surface area contributed by atoms with Crippen molar-refractivity contribution in [1.82, 2.24) is 4.90 Å². The smallest absolute Gasteiger partial charge is 0.0477 e. The van der Waals surface area contributed by atoms with Gasteiger partial charge < -0.3 is 9.64 Å². The number of rotatable bonds is 4. The Kier molecular flexibility index (Phi) is 5.29. The number of piperidine rings is 1. The fourth-order valence-electron chi connectivity index (χ4n) is 1.78. The first kappa shape index (κ1) is 11.5. The van der Waals surface area contributed by atoms with Gasteiger partial charge in [0.05, 0.1) is 0 Å². The minimum Gasteiger partial charge on any atom is -0.385 e. The minimum atomic E-state index is 0.681. The van der Waals surface area contributed by atoms with E-state index in [4.69, 9.17) is 4.74 Å². The molecule has 1 fully saturated rings. The van der Waals surface area contributed by atoms with Crippen molar-refractivity contribution in [2.24, 2.45) is 0 Å². The Bertz CT molecular complexity index is 135. The minimum absolute atomic E-state index is 0.681. The molecule has 0 N–H and O–H groups in total. The zero-order valence-electron chi connectivity index (χ0n) is 8.63. The second-order valence-electron chi connectivity index (χ2n) is 3.84. The third-order valence-corrected chi connectivity index (χ3v) is 3.74. The topological polar surface area (TPSA) is 12.5 Å². The second kappa shape index (κ2) is 5.99. The largest absolute Gasteiger partial charge is 0.385 e. The van der Waals surface area contributed by atoms with Crippen LogP contribution in [-0.2, 0) is 4.74 Å². The van der Waals surface area contributed by atoms with E-state index in [0.717, 1.165) is 17.9 Å². The van der Waals surface area contributed by atoms with Crippen LogP contribution in [-0.4, -0.2) is 42.6 Å². The van der Waals surface area contributed by atoms with E-state index < -0.39 is 0 Å². The number of methoxy groups -OCH3 is 1. The van der Waals surface area contributed by atoms with Gasteiger partial charge in [-0.05, 0) is 39.3 Å². The summed E-state index contributed by atoms with van der Waals surface area (Å²) in [6.07, 6.45) is 3.73. The van der Waals surface area contributed by atoms with Gasteiger partial charge in [0.2, 0.25) is 0 Å². The van der Waals surface area contributed by atoms with Gasteiger partial charge in [0.15, 0.2) is 0 Å². The molecule has 1 heterocycles. The van der Waals surface area contributed by atoms with Gasteiger partial charge in [-0.1, -0.05) is 15.9 Å². The van der Waals surface area contributed by atoms with Crippen LogP contribution < -0.4 is 0 Å². The van der Waals surface area contributed by atoms with Crippen LogP contribution in [0.5, 0.6) is 0 Å². The molecule has 2 nitrogen and oxygen atoms in total. The van der Waals surface area contributed by atoms with E-state index in [1.54, 1.807) is 7.11 Å². The van der Waals surface area contributed by atoms with E-state index in [0.29, 0.717) is 6.04 Å². The molecule has 1 unspecified atom stereocenters. The van der Waals surface area contributed by atoms with Gasteiger partial charge in [0, 0.05) is 24.6 Å². The Balaban J connectivity index is 2.19. The van der Waals surface area contributed by atoms with Gasteiger partial charge in [-0.15, -0.1) is 0 Å². The zero-order chi connectivity index (χ0) is 9.68. The van der Waals surface area contributed by atoms with Gasteiger partial charge in [0.25, 0.3) is 0 Å². The van der Waals surface area contributed by atoms with Crippen LogP contribution >= 0.6 is 15.9 Å². The molecule has 1 saturated heterocycles. The summed E-state index contributed by atoms with van der Waals surface area (Å²) in [5, 5.41) is 0. The fourth-order valence-corrected chi connectivity index (χ4v) is 2.19. The first-order chi connectivity index (χ1) is 6.24. The average molecular weight is 250 g/mol. The molecular formula is C10H20BrNO. The molecule has 1 atom stereocenters. The Hall–Kier alpha value is 0.400. The molecule has 78 valence electrons. The first-order valence-electron chi connectivity index (χ1n) is 5.11. The predicted molar refractivity (Wildman–Crippen MR) is 59.5 cm³/mol. The Morgan fingerprint density at radius 2 is 2.08 bits per heavy atom. The normalized spacial score (nSPS) is 23.3. The van der Waals surface area contributed by atoms with Crippen molar-refractivity contribution >= 4 is 15.9 Å². The number of hydrogen-bond donors (Lipinski definition) is 0. The van der Waals surface area contributed by atoms with Crippen LogP contribution in [0.25, 0.3) is 0 Å². The summed E-state index contributed by atoms with van der Waals surface area (Å²) in [7, 11) is 1.78. The number of halogens is 1. The van der Waals surface area contributed by atoms with E-state index in [9.17, 15) is 0 Å². The van der Waals surface area contributed by atoms with E-state index in [1.165, 1.54) is 25.9 Å². The van der Waals surface area contributed by atoms with Crippen molar-refractivity contribution in [3.63, 3.8) is 0 Å². The molecule has 13 heavy (non-hydrogen) atoms. The molecule has 1 aliphatic heterocycles. The van der Waals surface area contributed by atoms with Crippen LogP contribution in [0.15, 0.2) is 0 Å². The van der Waals surface area contributed by atoms with E-state index in [2.05, 4.69) is 27.8 Å². The number of ether oxygens (including phenoxy) is 1. The van der Waals surface area contributed by atoms with Gasteiger partial charge in [0.1, 0.15) is 0 Å². The van der Waals surface area contributed by atoms with Crippen molar-refractivity contribution in [3.8, 4) is 0 Å². The second-order valence-corrected chi connectivity index (χ2v) is 5.14. The summed E-state index contributed by atoms with van der Waals surface area (Å²) >= 11 is 3.67. The third kappa shape index (κ3) is 3.96. The third-order valence-electron chi connectivity index (χ3n) is 2.82. The maximum atomic E-state index is 5.09. The molecule has 0 aliphatic carbocycles. The number of nitrogens with zero attached hydrogens (tertiary/aromatic N) is 1. The molecule has 0 amide bonds. The highest BCUT2D eigenvalue weighted by Crippen LogP contribution is 2.19. The highest BCUT2D eigenvalue weighted by Gasteiger charge is 2.20. The predicted octanol–water partition coefficient (Wildman–Crippen LogP) is 2.27. The van der Waals surface area contributed by atoms with Crippen LogP contribution in [0.4, 0.5) is 0 Å². The lowest BCUT2D eigenvalue weighted by molar-refractivity contribution is 0.125. The molecule has 1 aliphatic rings. The van der Waals surface area contributed by atoms with Gasteiger partial charge >= 0.3 is 0 Å². The van der Waals surface area contributed by atoms with Crippen molar-refractivity contribution in [3.05, 3.63) is 0 Å². The average Bonchev–Trinajstić information content (AvgIpc) is 2.15. The fraction of sp³-hybridized carbons (Fsp3) is 1.00. The highest BCUT2D eigenvalue weighted by atomic mass is 79.9. The summed E-state index contributed by atoms with van der Waals surface area (Å²) < 4.78 is 5.09. The SMILES string of the molecule is COCCC(C)N1CCC(Br)CC1. The Morgan fingerprint density at radius 1 is 1.46 bits per heavy atom. The lowest BCUT2D eigenvalue weighted by atomic mass is 10.1. The molecule has 0 aromatic heterocycles. The summed E-state index contributed by atoms with van der Waals surface area (Å²) in [4.78, 5) is 3.31. The standard InChI is InChI=1S/C10H20BrNO/c1-9(5-8-13-2)12-6-3-10(11)4-7-12/h9-10H,3-8H2,1-2H3. The van der Waals surface area contributed by atoms with Crippen molar-refractivity contribution in [1.29, 1.82) is 0 Å². The van der Waals surface area contributed by atoms with Crippen molar-refractivity contribution in [2.45, 2.75) is 37.1 Å². The van der Waals surface area contributed by atoms with Crippen molar-refractivity contribution < 1.29 is 4.74 Å². The van der Waals surface area contributed by atoms with Crippen LogP contribution in [0.1, 0.15) is 26.2 Å². The monoisotopic (exact) mass is 249 g/mol. The van der Waals surface area contributed by atoms with Crippen LogP contribution in [0.3, 0.4) is 0 Å². The highest BCUT2D eigenvalue weighted by molar-refractivity contribution is 9.09. The molecule has 3 heteroatoms. The van der Waals surface area contributed by atoms with E-state index >= 15 is 0 Å². The molecule has 0 spiro atoms.